The van der Waals surface area contributed by atoms with E-state index in [-0.39, 0.29) is 17.2 Å². The molecule has 9 nitrogen and oxygen atoms in total. The molecule has 5 rings (SSSR count). The third-order valence-electron chi connectivity index (χ3n) is 5.59. The molecule has 10 heteroatoms. The summed E-state index contributed by atoms with van der Waals surface area (Å²) in [5.41, 5.74) is 1.56. The number of anilines is 1. The Balaban J connectivity index is 1.24. The molecule has 0 bridgehead atoms. The van der Waals surface area contributed by atoms with E-state index in [4.69, 9.17) is 0 Å². The van der Waals surface area contributed by atoms with Gasteiger partial charge in [0.05, 0.1) is 29.0 Å². The molecule has 1 aromatic carbocycles. The molecule has 160 valence electrons. The number of rotatable bonds is 6. The molecular formula is C21H23N7O2S. The summed E-state index contributed by atoms with van der Waals surface area (Å²) in [5.74, 6) is 0.798. The van der Waals surface area contributed by atoms with Crippen LogP contribution in [0.5, 0.6) is 0 Å². The van der Waals surface area contributed by atoms with Gasteiger partial charge < -0.3 is 10.2 Å². The Morgan fingerprint density at radius 2 is 1.94 bits per heavy atom. The van der Waals surface area contributed by atoms with Crippen LogP contribution in [0, 0.1) is 0 Å². The van der Waals surface area contributed by atoms with Gasteiger partial charge in [-0.15, -0.1) is 0 Å². The molecule has 0 unspecified atom stereocenters. The Hall–Kier alpha value is -3.27. The minimum Gasteiger partial charge on any atom is -0.356 e. The maximum Gasteiger partial charge on any atom is 0.257 e. The number of nitrogens with zero attached hydrogens (tertiary/aromatic N) is 6. The summed E-state index contributed by atoms with van der Waals surface area (Å²) in [6.45, 7) is 3.07. The highest BCUT2D eigenvalue weighted by Crippen LogP contribution is 2.25. The first kappa shape index (κ1) is 19.7. The van der Waals surface area contributed by atoms with Gasteiger partial charge in [0.25, 0.3) is 4.74 Å². The molecule has 4 aromatic rings. The molecule has 4 heterocycles. The average molecular weight is 438 g/mol. The van der Waals surface area contributed by atoms with Gasteiger partial charge in [0.1, 0.15) is 18.7 Å². The lowest BCUT2D eigenvalue weighted by molar-refractivity contribution is -0.121. The molecule has 0 aliphatic carbocycles. The van der Waals surface area contributed by atoms with Crippen molar-refractivity contribution in [1.82, 2.24) is 29.0 Å². The Morgan fingerprint density at radius 3 is 2.81 bits per heavy atom. The molecule has 1 amide bonds. The number of carbonyl (C=O) groups excluding carboxylic acids is 1. The lowest BCUT2D eigenvalue weighted by Crippen LogP contribution is -2.30. The lowest BCUT2D eigenvalue weighted by atomic mass is 10.1. The molecule has 0 saturated carbocycles. The van der Waals surface area contributed by atoms with Crippen LogP contribution in [0.4, 0.5) is 5.82 Å². The van der Waals surface area contributed by atoms with E-state index in [1.54, 1.807) is 21.0 Å². The van der Waals surface area contributed by atoms with Gasteiger partial charge in [-0.1, -0.05) is 12.1 Å². The second-order valence-corrected chi connectivity index (χ2v) is 8.63. The summed E-state index contributed by atoms with van der Waals surface area (Å²) in [6.07, 6.45) is 7.01. The van der Waals surface area contributed by atoms with Crippen LogP contribution in [0.1, 0.15) is 19.3 Å². The number of aromatic nitrogens is 5. The van der Waals surface area contributed by atoms with Gasteiger partial charge in [0, 0.05) is 19.6 Å². The summed E-state index contributed by atoms with van der Waals surface area (Å²) in [6, 6.07) is 7.34. The van der Waals surface area contributed by atoms with Gasteiger partial charge in [-0.3, -0.25) is 13.5 Å². The lowest BCUT2D eigenvalue weighted by Gasteiger charge is -2.27. The van der Waals surface area contributed by atoms with Crippen LogP contribution in [0.3, 0.4) is 0 Å². The van der Waals surface area contributed by atoms with Crippen molar-refractivity contribution in [3.05, 3.63) is 46.3 Å². The highest BCUT2D eigenvalue weighted by atomic mass is 32.1. The van der Waals surface area contributed by atoms with Crippen LogP contribution in [-0.2, 0) is 17.9 Å². The van der Waals surface area contributed by atoms with E-state index in [2.05, 4.69) is 25.3 Å². The Labute approximate surface area is 182 Å². The van der Waals surface area contributed by atoms with Crippen LogP contribution in [0.2, 0.25) is 0 Å². The summed E-state index contributed by atoms with van der Waals surface area (Å²) in [7, 11) is 0. The van der Waals surface area contributed by atoms with E-state index in [1.807, 2.05) is 24.4 Å². The number of para-hydroxylation sites is 1. The second-order valence-electron chi connectivity index (χ2n) is 7.63. The molecule has 0 atom stereocenters. The monoisotopic (exact) mass is 437 g/mol. The van der Waals surface area contributed by atoms with Crippen molar-refractivity contribution in [1.29, 1.82) is 0 Å². The van der Waals surface area contributed by atoms with Crippen molar-refractivity contribution in [3.8, 4) is 0 Å². The van der Waals surface area contributed by atoms with Crippen LogP contribution >= 0.6 is 11.5 Å². The molecule has 1 N–H and O–H groups in total. The molecule has 1 aliphatic rings. The Bertz CT molecular complexity index is 1290. The number of benzene rings is 1. The molecule has 1 aliphatic heterocycles. The van der Waals surface area contributed by atoms with Crippen molar-refractivity contribution >= 4 is 45.2 Å². The molecule has 31 heavy (non-hydrogen) atoms. The number of carbonyl (C=O) groups is 1. The fraction of sp³-hybridized carbons (Fsp3) is 0.381. The zero-order chi connectivity index (χ0) is 21.2. The SMILES string of the molecule is O=C(Cn1sc(=O)c2ccccc21)NCCn1ncc2c(N3CCCCC3)ncnc21. The van der Waals surface area contributed by atoms with Gasteiger partial charge in [-0.25, -0.2) is 14.6 Å². The normalized spacial score (nSPS) is 14.4. The first-order valence-corrected chi connectivity index (χ1v) is 11.2. The Kier molecular flexibility index (Phi) is 5.37. The summed E-state index contributed by atoms with van der Waals surface area (Å²) in [4.78, 5) is 35.7. The average Bonchev–Trinajstić information content (AvgIpc) is 3.36. The van der Waals surface area contributed by atoms with Gasteiger partial charge in [0.2, 0.25) is 5.91 Å². The van der Waals surface area contributed by atoms with Crippen molar-refractivity contribution in [2.45, 2.75) is 32.4 Å². The van der Waals surface area contributed by atoms with E-state index in [0.29, 0.717) is 18.5 Å². The number of piperidine rings is 1. The van der Waals surface area contributed by atoms with Crippen molar-refractivity contribution in [3.63, 3.8) is 0 Å². The maximum absolute atomic E-state index is 12.4. The summed E-state index contributed by atoms with van der Waals surface area (Å²) in [5, 5.41) is 8.97. The molecular weight excluding hydrogens is 414 g/mol. The van der Waals surface area contributed by atoms with Crippen LogP contribution in [0.25, 0.3) is 21.9 Å². The second kappa shape index (κ2) is 8.46. The number of nitrogens with one attached hydrogen (secondary N) is 1. The minimum atomic E-state index is -0.142. The van der Waals surface area contributed by atoms with E-state index >= 15 is 0 Å². The van der Waals surface area contributed by atoms with E-state index in [1.165, 1.54) is 19.3 Å². The number of hydrogen-bond donors (Lipinski definition) is 1. The highest BCUT2D eigenvalue weighted by molar-refractivity contribution is 7.05. The van der Waals surface area contributed by atoms with E-state index < -0.39 is 0 Å². The molecule has 0 spiro atoms. The zero-order valence-corrected chi connectivity index (χ0v) is 17.8. The van der Waals surface area contributed by atoms with Gasteiger partial charge in [0.15, 0.2) is 5.65 Å². The molecule has 0 radical (unpaired) electrons. The quantitative estimate of drug-likeness (QED) is 0.496. The molecule has 1 saturated heterocycles. The first-order valence-electron chi connectivity index (χ1n) is 10.5. The predicted octanol–water partition coefficient (Wildman–Crippen LogP) is 2.01. The smallest absolute Gasteiger partial charge is 0.257 e. The fourth-order valence-electron chi connectivity index (χ4n) is 4.07. The number of hydrogen-bond acceptors (Lipinski definition) is 7. The largest absolute Gasteiger partial charge is 0.356 e. The zero-order valence-electron chi connectivity index (χ0n) is 17.0. The molecule has 1 fully saturated rings. The minimum absolute atomic E-state index is 0.0318. The van der Waals surface area contributed by atoms with Gasteiger partial charge in [-0.2, -0.15) is 5.10 Å². The third-order valence-corrected chi connectivity index (χ3v) is 6.52. The van der Waals surface area contributed by atoms with Crippen LogP contribution < -0.4 is 15.0 Å². The number of fused-ring (bicyclic) bond motifs is 2. The van der Waals surface area contributed by atoms with Gasteiger partial charge >= 0.3 is 0 Å². The first-order chi connectivity index (χ1) is 15.2. The van der Waals surface area contributed by atoms with Crippen molar-refractivity contribution in [2.24, 2.45) is 0 Å². The number of amides is 1. The summed E-state index contributed by atoms with van der Waals surface area (Å²) < 4.78 is 3.50. The Morgan fingerprint density at radius 1 is 1.10 bits per heavy atom. The van der Waals surface area contributed by atoms with E-state index in [0.717, 1.165) is 47.0 Å². The van der Waals surface area contributed by atoms with Crippen molar-refractivity contribution < 1.29 is 4.79 Å². The van der Waals surface area contributed by atoms with Crippen LogP contribution in [0.15, 0.2) is 41.6 Å². The topological polar surface area (TPSA) is 97.9 Å². The van der Waals surface area contributed by atoms with Crippen molar-refractivity contribution in [2.75, 3.05) is 24.5 Å². The van der Waals surface area contributed by atoms with Crippen LogP contribution in [-0.4, -0.2) is 49.2 Å². The molecule has 3 aromatic heterocycles. The summed E-state index contributed by atoms with van der Waals surface area (Å²) >= 11 is 1.07. The predicted molar refractivity (Wildman–Crippen MR) is 120 cm³/mol. The standard InChI is InChI=1S/C21H23N7O2S/c29-18(13-28-17-7-3-2-6-15(17)21(30)31-28)22-8-11-27-20-16(12-25-27)19(23-14-24-20)26-9-4-1-5-10-26/h2-3,6-7,12,14H,1,4-5,8-11,13H2,(H,22,29). The van der Waals surface area contributed by atoms with E-state index in [9.17, 15) is 9.59 Å². The third kappa shape index (κ3) is 3.90. The highest BCUT2D eigenvalue weighted by Gasteiger charge is 2.18. The van der Waals surface area contributed by atoms with Gasteiger partial charge in [-0.05, 0) is 42.9 Å². The maximum atomic E-state index is 12.4. The fourth-order valence-corrected chi connectivity index (χ4v) is 4.98.